The Morgan fingerprint density at radius 2 is 1.54 bits per heavy atom. The number of H-pyrrole nitrogens is 1. The molecule has 4 rings (SSSR count). The van der Waals surface area contributed by atoms with Crippen LogP contribution in [0.1, 0.15) is 5.82 Å². The lowest BCUT2D eigenvalue weighted by Gasteiger charge is -2.06. The lowest BCUT2D eigenvalue weighted by molar-refractivity contribution is 0.511. The van der Waals surface area contributed by atoms with Gasteiger partial charge in [-0.1, -0.05) is 42.5 Å². The van der Waals surface area contributed by atoms with E-state index in [1.165, 1.54) is 6.07 Å². The highest BCUT2D eigenvalue weighted by Gasteiger charge is 2.10. The number of fused-ring (bicyclic) bond motifs is 1. The Balaban J connectivity index is 1.73. The zero-order chi connectivity index (χ0) is 16.7. The fourth-order valence-electron chi connectivity index (χ4n) is 2.89. The van der Waals surface area contributed by atoms with E-state index in [-0.39, 0.29) is 5.56 Å². The summed E-state index contributed by atoms with van der Waals surface area (Å²) < 4.78 is 27.3. The number of benzene rings is 3. The normalized spacial score (nSPS) is 11.1. The number of nitrogens with zero attached hydrogens (tertiary/aromatic N) is 1. The Kier molecular flexibility index (Phi) is 3.38. The highest BCUT2D eigenvalue weighted by molar-refractivity contribution is 5.82. The number of aryl methyl sites for hydroxylation is 1. The van der Waals surface area contributed by atoms with Crippen LogP contribution in [0, 0.1) is 18.6 Å². The minimum atomic E-state index is -0.836. The molecule has 0 aliphatic rings. The van der Waals surface area contributed by atoms with Crippen molar-refractivity contribution in [2.24, 2.45) is 0 Å². The van der Waals surface area contributed by atoms with Gasteiger partial charge in [-0.15, -0.1) is 0 Å². The highest BCUT2D eigenvalue weighted by atomic mass is 19.2. The number of hydrogen-bond donors (Lipinski definition) is 1. The number of imidazole rings is 1. The van der Waals surface area contributed by atoms with Crippen LogP contribution in [-0.4, -0.2) is 9.97 Å². The van der Waals surface area contributed by atoms with E-state index in [4.69, 9.17) is 0 Å². The zero-order valence-electron chi connectivity index (χ0n) is 13.0. The van der Waals surface area contributed by atoms with Gasteiger partial charge in [0, 0.05) is 5.56 Å². The van der Waals surface area contributed by atoms with E-state index in [0.717, 1.165) is 34.1 Å². The van der Waals surface area contributed by atoms with Gasteiger partial charge in [-0.3, -0.25) is 0 Å². The van der Waals surface area contributed by atoms with Gasteiger partial charge in [-0.25, -0.2) is 13.8 Å². The van der Waals surface area contributed by atoms with E-state index in [1.54, 1.807) is 18.2 Å². The Hall–Kier alpha value is -3.01. The first kappa shape index (κ1) is 14.6. The predicted molar refractivity (Wildman–Crippen MR) is 91.6 cm³/mol. The third-order valence-electron chi connectivity index (χ3n) is 4.08. The van der Waals surface area contributed by atoms with E-state index in [9.17, 15) is 8.78 Å². The van der Waals surface area contributed by atoms with Crippen molar-refractivity contribution < 1.29 is 8.78 Å². The van der Waals surface area contributed by atoms with Crippen LogP contribution >= 0.6 is 0 Å². The molecule has 0 saturated heterocycles. The molecule has 118 valence electrons. The van der Waals surface area contributed by atoms with Gasteiger partial charge in [0.25, 0.3) is 0 Å². The van der Waals surface area contributed by atoms with Gasteiger partial charge in [-0.05, 0) is 41.8 Å². The van der Waals surface area contributed by atoms with E-state index in [1.807, 2.05) is 37.3 Å². The van der Waals surface area contributed by atoms with Crippen molar-refractivity contribution in [2.75, 3.05) is 0 Å². The van der Waals surface area contributed by atoms with Crippen molar-refractivity contribution in [3.05, 3.63) is 78.1 Å². The van der Waals surface area contributed by atoms with Crippen LogP contribution < -0.4 is 0 Å². The SMILES string of the molecule is Cc1nc2ccc(-c3ccc(-c4cccc(F)c4F)cc3)cc2[nH]1. The molecule has 0 spiro atoms. The van der Waals surface area contributed by atoms with E-state index in [2.05, 4.69) is 9.97 Å². The number of rotatable bonds is 2. The molecule has 0 amide bonds. The van der Waals surface area contributed by atoms with Gasteiger partial charge < -0.3 is 4.98 Å². The molecule has 0 unspecified atom stereocenters. The summed E-state index contributed by atoms with van der Waals surface area (Å²) in [6.45, 7) is 1.92. The molecule has 0 atom stereocenters. The molecule has 0 aliphatic heterocycles. The smallest absolute Gasteiger partial charge is 0.166 e. The third-order valence-corrected chi connectivity index (χ3v) is 4.08. The van der Waals surface area contributed by atoms with Crippen LogP contribution in [0.5, 0.6) is 0 Å². The van der Waals surface area contributed by atoms with Crippen molar-refractivity contribution in [3.8, 4) is 22.3 Å². The van der Waals surface area contributed by atoms with Crippen LogP contribution in [0.2, 0.25) is 0 Å². The Morgan fingerprint density at radius 1 is 0.833 bits per heavy atom. The molecule has 0 aliphatic carbocycles. The summed E-state index contributed by atoms with van der Waals surface area (Å²) in [5, 5.41) is 0. The first-order valence-electron chi connectivity index (χ1n) is 7.63. The van der Waals surface area contributed by atoms with Crippen LogP contribution in [0.3, 0.4) is 0 Å². The summed E-state index contributed by atoms with van der Waals surface area (Å²) in [5.74, 6) is -0.782. The molecule has 1 aromatic heterocycles. The van der Waals surface area contributed by atoms with Crippen molar-refractivity contribution in [2.45, 2.75) is 6.92 Å². The number of aromatic amines is 1. The summed E-state index contributed by atoms with van der Waals surface area (Å²) in [7, 11) is 0. The largest absolute Gasteiger partial charge is 0.342 e. The molecule has 4 heteroatoms. The van der Waals surface area contributed by atoms with Crippen LogP contribution in [0.25, 0.3) is 33.3 Å². The fraction of sp³-hybridized carbons (Fsp3) is 0.0500. The Bertz CT molecular complexity index is 1030. The lowest BCUT2D eigenvalue weighted by Crippen LogP contribution is -1.89. The van der Waals surface area contributed by atoms with E-state index < -0.39 is 11.6 Å². The van der Waals surface area contributed by atoms with Gasteiger partial charge in [0.1, 0.15) is 5.82 Å². The number of halogens is 2. The summed E-state index contributed by atoms with van der Waals surface area (Å²) in [6, 6.07) is 17.6. The quantitative estimate of drug-likeness (QED) is 0.520. The molecule has 0 radical (unpaired) electrons. The first-order valence-corrected chi connectivity index (χ1v) is 7.63. The molecular formula is C20H14F2N2. The third kappa shape index (κ3) is 2.46. The van der Waals surface area contributed by atoms with Crippen LogP contribution in [0.4, 0.5) is 8.78 Å². The van der Waals surface area contributed by atoms with Crippen LogP contribution in [0.15, 0.2) is 60.7 Å². The van der Waals surface area contributed by atoms with Gasteiger partial charge in [-0.2, -0.15) is 0 Å². The van der Waals surface area contributed by atoms with Gasteiger partial charge in [0.05, 0.1) is 11.0 Å². The van der Waals surface area contributed by atoms with Crippen molar-refractivity contribution in [1.29, 1.82) is 0 Å². The summed E-state index contributed by atoms with van der Waals surface area (Å²) in [5.41, 5.74) is 4.86. The Labute approximate surface area is 137 Å². The maximum atomic E-state index is 13.9. The van der Waals surface area contributed by atoms with Crippen LogP contribution in [-0.2, 0) is 0 Å². The van der Waals surface area contributed by atoms with Gasteiger partial charge >= 0.3 is 0 Å². The summed E-state index contributed by atoms with van der Waals surface area (Å²) in [4.78, 5) is 7.60. The lowest BCUT2D eigenvalue weighted by atomic mass is 9.99. The minimum absolute atomic E-state index is 0.265. The maximum Gasteiger partial charge on any atom is 0.166 e. The predicted octanol–water partition coefficient (Wildman–Crippen LogP) is 5.48. The van der Waals surface area contributed by atoms with E-state index >= 15 is 0 Å². The molecule has 3 aromatic carbocycles. The molecular weight excluding hydrogens is 306 g/mol. The zero-order valence-corrected chi connectivity index (χ0v) is 13.0. The molecule has 0 fully saturated rings. The van der Waals surface area contributed by atoms with Gasteiger partial charge in [0.15, 0.2) is 11.6 Å². The second kappa shape index (κ2) is 5.57. The number of hydrogen-bond acceptors (Lipinski definition) is 1. The Morgan fingerprint density at radius 3 is 2.33 bits per heavy atom. The topological polar surface area (TPSA) is 28.7 Å². The van der Waals surface area contributed by atoms with Crippen molar-refractivity contribution in [3.63, 3.8) is 0 Å². The standard InChI is InChI=1S/C20H14F2N2/c1-12-23-18-10-9-15(11-19(18)24-12)13-5-7-14(8-6-13)16-3-2-4-17(21)20(16)22/h2-11H,1H3,(H,23,24). The summed E-state index contributed by atoms with van der Waals surface area (Å²) >= 11 is 0. The number of nitrogens with one attached hydrogen (secondary N) is 1. The van der Waals surface area contributed by atoms with E-state index in [0.29, 0.717) is 5.56 Å². The molecule has 0 bridgehead atoms. The maximum absolute atomic E-state index is 13.9. The molecule has 1 heterocycles. The van der Waals surface area contributed by atoms with Crippen molar-refractivity contribution >= 4 is 11.0 Å². The highest BCUT2D eigenvalue weighted by Crippen LogP contribution is 2.28. The molecule has 1 N–H and O–H groups in total. The number of aromatic nitrogens is 2. The van der Waals surface area contributed by atoms with Crippen molar-refractivity contribution in [1.82, 2.24) is 9.97 Å². The second-order valence-corrected chi connectivity index (χ2v) is 5.73. The average Bonchev–Trinajstić information content (AvgIpc) is 2.97. The second-order valence-electron chi connectivity index (χ2n) is 5.73. The summed E-state index contributed by atoms with van der Waals surface area (Å²) in [6.07, 6.45) is 0. The monoisotopic (exact) mass is 320 g/mol. The van der Waals surface area contributed by atoms with Gasteiger partial charge in [0.2, 0.25) is 0 Å². The molecule has 0 saturated carbocycles. The molecule has 4 aromatic rings. The molecule has 24 heavy (non-hydrogen) atoms. The fourth-order valence-corrected chi connectivity index (χ4v) is 2.89. The molecule has 2 nitrogen and oxygen atoms in total. The first-order chi connectivity index (χ1) is 11.6. The minimum Gasteiger partial charge on any atom is -0.342 e. The average molecular weight is 320 g/mol.